The molecule has 7 nitrogen and oxygen atoms in total. The van der Waals surface area contributed by atoms with Crippen molar-refractivity contribution < 1.29 is 19.1 Å². The molecule has 24 heavy (non-hydrogen) atoms. The first-order valence-electron chi connectivity index (χ1n) is 7.50. The molecule has 0 bridgehead atoms. The molecule has 0 fully saturated rings. The van der Waals surface area contributed by atoms with E-state index in [4.69, 9.17) is 15.2 Å². The van der Waals surface area contributed by atoms with Crippen molar-refractivity contribution in [2.45, 2.75) is 19.9 Å². The van der Waals surface area contributed by atoms with E-state index in [1.54, 1.807) is 24.3 Å². The van der Waals surface area contributed by atoms with Crippen LogP contribution in [0.5, 0.6) is 5.75 Å². The van der Waals surface area contributed by atoms with Crippen LogP contribution in [0.2, 0.25) is 0 Å². The lowest BCUT2D eigenvalue weighted by Crippen LogP contribution is -2.48. The van der Waals surface area contributed by atoms with E-state index in [0.717, 1.165) is 0 Å². The van der Waals surface area contributed by atoms with Crippen LogP contribution < -0.4 is 21.1 Å². The minimum absolute atomic E-state index is 0. The molecule has 1 aromatic rings. The lowest BCUT2D eigenvalue weighted by molar-refractivity contribution is -0.129. The fourth-order valence-electron chi connectivity index (χ4n) is 1.91. The van der Waals surface area contributed by atoms with Gasteiger partial charge in [0.2, 0.25) is 11.8 Å². The Kier molecular flexibility index (Phi) is 10.8. The number of anilines is 1. The maximum Gasteiger partial charge on any atom is 0.247 e. The van der Waals surface area contributed by atoms with Gasteiger partial charge in [-0.3, -0.25) is 9.59 Å². The predicted octanol–water partition coefficient (Wildman–Crippen LogP) is 1.17. The number of nitrogens with two attached hydrogens (primary N) is 1. The molecule has 136 valence electrons. The molecule has 1 aromatic carbocycles. The van der Waals surface area contributed by atoms with Crippen LogP contribution in [0.15, 0.2) is 24.3 Å². The second-order valence-electron chi connectivity index (χ2n) is 5.37. The Hall–Kier alpha value is -1.83. The number of carbonyl (C=O) groups excluding carboxylic acids is 2. The number of carbonyl (C=O) groups is 2. The number of nitrogens with one attached hydrogen (secondary N) is 2. The number of ether oxygens (including phenoxy) is 2. The molecule has 2 amide bonds. The van der Waals surface area contributed by atoms with E-state index in [9.17, 15) is 9.59 Å². The van der Waals surface area contributed by atoms with Gasteiger partial charge in [0.05, 0.1) is 0 Å². The summed E-state index contributed by atoms with van der Waals surface area (Å²) < 4.78 is 10.1. The van der Waals surface area contributed by atoms with Crippen LogP contribution in [0.1, 0.15) is 13.8 Å². The number of hydrogen-bond acceptors (Lipinski definition) is 5. The monoisotopic (exact) mass is 359 g/mol. The van der Waals surface area contributed by atoms with Gasteiger partial charge < -0.3 is 25.8 Å². The fourth-order valence-corrected chi connectivity index (χ4v) is 1.91. The zero-order chi connectivity index (χ0) is 17.2. The summed E-state index contributed by atoms with van der Waals surface area (Å²) in [6.45, 7) is 4.52. The predicted molar refractivity (Wildman–Crippen MR) is 95.5 cm³/mol. The van der Waals surface area contributed by atoms with E-state index in [0.29, 0.717) is 24.6 Å². The molecule has 0 spiro atoms. The zero-order valence-electron chi connectivity index (χ0n) is 14.2. The summed E-state index contributed by atoms with van der Waals surface area (Å²) >= 11 is 0. The zero-order valence-corrected chi connectivity index (χ0v) is 15.0. The fraction of sp³-hybridized carbons (Fsp3) is 0.500. The topological polar surface area (TPSA) is 103 Å². The molecule has 1 atom stereocenters. The smallest absolute Gasteiger partial charge is 0.247 e. The normalized spacial score (nSPS) is 11.4. The summed E-state index contributed by atoms with van der Waals surface area (Å²) in [7, 11) is 1.43. The number of methoxy groups -OCH3 is 1. The van der Waals surface area contributed by atoms with Crippen LogP contribution in [0.25, 0.3) is 0 Å². The van der Waals surface area contributed by atoms with E-state index in [1.807, 2.05) is 13.8 Å². The summed E-state index contributed by atoms with van der Waals surface area (Å²) in [5, 5.41) is 5.44. The van der Waals surface area contributed by atoms with E-state index < -0.39 is 6.04 Å². The molecule has 8 heteroatoms. The van der Waals surface area contributed by atoms with Gasteiger partial charge >= 0.3 is 0 Å². The van der Waals surface area contributed by atoms with Gasteiger partial charge in [0, 0.05) is 19.3 Å². The molecule has 0 aliphatic heterocycles. The van der Waals surface area contributed by atoms with E-state index >= 15 is 0 Å². The highest BCUT2D eigenvalue weighted by atomic mass is 35.5. The van der Waals surface area contributed by atoms with Gasteiger partial charge in [0.25, 0.3) is 0 Å². The van der Waals surface area contributed by atoms with Gasteiger partial charge in [-0.15, -0.1) is 12.4 Å². The van der Waals surface area contributed by atoms with E-state index in [-0.39, 0.29) is 36.7 Å². The third-order valence-corrected chi connectivity index (χ3v) is 3.05. The minimum Gasteiger partial charge on any atom is -0.492 e. The Balaban J connectivity index is 0.00000529. The van der Waals surface area contributed by atoms with Crippen molar-refractivity contribution in [2.24, 2.45) is 11.7 Å². The largest absolute Gasteiger partial charge is 0.492 e. The summed E-state index contributed by atoms with van der Waals surface area (Å²) in [5.41, 5.74) is 6.00. The first-order valence-corrected chi connectivity index (χ1v) is 7.50. The Morgan fingerprint density at radius 2 is 1.83 bits per heavy atom. The van der Waals surface area contributed by atoms with Crippen molar-refractivity contribution in [3.05, 3.63) is 24.3 Å². The summed E-state index contributed by atoms with van der Waals surface area (Å²) in [6.07, 6.45) is 0. The van der Waals surface area contributed by atoms with E-state index in [1.165, 1.54) is 7.11 Å². The molecule has 0 radical (unpaired) electrons. The number of hydrogen-bond donors (Lipinski definition) is 3. The molecule has 0 saturated heterocycles. The molecule has 0 saturated carbocycles. The lowest BCUT2D eigenvalue weighted by atomic mass is 10.0. The quantitative estimate of drug-likeness (QED) is 0.614. The lowest BCUT2D eigenvalue weighted by Gasteiger charge is -2.21. The van der Waals surface area contributed by atoms with Crippen molar-refractivity contribution in [2.75, 3.05) is 32.2 Å². The Bertz CT molecular complexity index is 509. The Morgan fingerprint density at radius 3 is 2.33 bits per heavy atom. The van der Waals surface area contributed by atoms with Gasteiger partial charge in [0.15, 0.2) is 0 Å². The molecule has 0 heterocycles. The first kappa shape index (κ1) is 22.2. The van der Waals surface area contributed by atoms with Crippen LogP contribution in [0.4, 0.5) is 5.69 Å². The molecule has 0 aliphatic rings. The molecular formula is C16H26ClN3O4. The van der Waals surface area contributed by atoms with Crippen molar-refractivity contribution in [3.8, 4) is 5.75 Å². The van der Waals surface area contributed by atoms with E-state index in [2.05, 4.69) is 10.6 Å². The highest BCUT2D eigenvalue weighted by molar-refractivity contribution is 5.97. The van der Waals surface area contributed by atoms with Gasteiger partial charge in [0.1, 0.15) is 25.0 Å². The third-order valence-electron chi connectivity index (χ3n) is 3.05. The van der Waals surface area contributed by atoms with Crippen LogP contribution in [-0.2, 0) is 14.3 Å². The van der Waals surface area contributed by atoms with Crippen LogP contribution >= 0.6 is 12.4 Å². The number of halogens is 1. The second-order valence-corrected chi connectivity index (χ2v) is 5.37. The Labute approximate surface area is 148 Å². The SMILES string of the molecule is COCC(=O)N[C@H](C(=O)Nc1ccc(OCCN)cc1)C(C)C.Cl. The summed E-state index contributed by atoms with van der Waals surface area (Å²) in [4.78, 5) is 24.0. The number of benzene rings is 1. The number of amides is 2. The highest BCUT2D eigenvalue weighted by Crippen LogP contribution is 2.16. The van der Waals surface area contributed by atoms with Crippen LogP contribution in [0, 0.1) is 5.92 Å². The Morgan fingerprint density at radius 1 is 1.21 bits per heavy atom. The van der Waals surface area contributed by atoms with Crippen molar-refractivity contribution in [1.82, 2.24) is 5.32 Å². The molecule has 4 N–H and O–H groups in total. The van der Waals surface area contributed by atoms with Crippen LogP contribution in [0.3, 0.4) is 0 Å². The van der Waals surface area contributed by atoms with Gasteiger partial charge in [-0.2, -0.15) is 0 Å². The summed E-state index contributed by atoms with van der Waals surface area (Å²) in [5.74, 6) is 0.0252. The van der Waals surface area contributed by atoms with Gasteiger partial charge in [-0.25, -0.2) is 0 Å². The second kappa shape index (κ2) is 11.7. The molecular weight excluding hydrogens is 334 g/mol. The van der Waals surface area contributed by atoms with Gasteiger partial charge in [-0.1, -0.05) is 13.8 Å². The van der Waals surface area contributed by atoms with Crippen LogP contribution in [-0.4, -0.2) is 44.7 Å². The minimum atomic E-state index is -0.634. The third kappa shape index (κ3) is 7.63. The molecule has 1 rings (SSSR count). The maximum absolute atomic E-state index is 12.3. The standard InChI is InChI=1S/C16H25N3O4.ClH/c1-11(2)15(19-14(20)10-22-3)16(21)18-12-4-6-13(7-5-12)23-9-8-17;/h4-7,11,15H,8-10,17H2,1-3H3,(H,18,21)(H,19,20);1H/t15-;/m0./s1. The number of rotatable bonds is 9. The van der Waals surface area contributed by atoms with Crippen molar-refractivity contribution >= 4 is 29.9 Å². The first-order chi connectivity index (χ1) is 11.0. The molecule has 0 aromatic heterocycles. The highest BCUT2D eigenvalue weighted by Gasteiger charge is 2.24. The molecule has 0 aliphatic carbocycles. The van der Waals surface area contributed by atoms with Crippen molar-refractivity contribution in [3.63, 3.8) is 0 Å². The maximum atomic E-state index is 12.3. The average Bonchev–Trinajstić information content (AvgIpc) is 2.52. The average molecular weight is 360 g/mol. The molecule has 0 unspecified atom stereocenters. The summed E-state index contributed by atoms with van der Waals surface area (Å²) in [6, 6.07) is 6.33. The van der Waals surface area contributed by atoms with Crippen molar-refractivity contribution in [1.29, 1.82) is 0 Å². The van der Waals surface area contributed by atoms with Gasteiger partial charge in [-0.05, 0) is 30.2 Å².